The van der Waals surface area contributed by atoms with Crippen LogP contribution < -0.4 is 0 Å². The van der Waals surface area contributed by atoms with Crippen molar-refractivity contribution in [3.05, 3.63) is 39.5 Å². The molecule has 0 amide bonds. The average molecular weight is 231 g/mol. The molecular weight excluding hydrogens is 209 g/mol. The van der Waals surface area contributed by atoms with Crippen molar-refractivity contribution in [3.63, 3.8) is 0 Å². The molecule has 0 aromatic heterocycles. The van der Waals surface area contributed by atoms with Gasteiger partial charge >= 0.3 is 0 Å². The van der Waals surface area contributed by atoms with Gasteiger partial charge in [-0.1, -0.05) is 26.0 Å². The Kier molecular flexibility index (Phi) is 2.82. The van der Waals surface area contributed by atoms with E-state index in [0.29, 0.717) is 0 Å². The third-order valence-corrected chi connectivity index (χ3v) is 4.52. The fraction of sp³-hybridized carbons (Fsp3) is 0.529. The molecule has 2 aliphatic carbocycles. The van der Waals surface area contributed by atoms with E-state index in [2.05, 4.69) is 26.0 Å². The van der Waals surface area contributed by atoms with Crippen molar-refractivity contribution in [1.29, 1.82) is 0 Å². The van der Waals surface area contributed by atoms with Gasteiger partial charge in [-0.25, -0.2) is 0 Å². The van der Waals surface area contributed by atoms with E-state index in [1.165, 1.54) is 44.9 Å². The van der Waals surface area contributed by atoms with Gasteiger partial charge in [0.2, 0.25) is 0 Å². The van der Waals surface area contributed by atoms with E-state index in [-0.39, 0.29) is 0 Å². The fourth-order valence-corrected chi connectivity index (χ4v) is 3.82. The molecule has 0 aliphatic heterocycles. The van der Waals surface area contributed by atoms with E-state index in [1.807, 2.05) is 0 Å². The molecule has 0 radical (unpaired) electrons. The SMILES string of the molecule is CCc1c2c(c(CC)[13c]3[13c]1[13CH]=[13CH][13CH2]3)CCCC2. The molecular formula is C17H22. The van der Waals surface area contributed by atoms with Gasteiger partial charge in [-0.15, -0.1) is 0 Å². The highest BCUT2D eigenvalue weighted by molar-refractivity contribution is 5.69. The molecule has 0 saturated heterocycles. The third kappa shape index (κ3) is 1.57. The Bertz CT molecular complexity index is 478. The van der Waals surface area contributed by atoms with Crippen LogP contribution in [-0.2, 0) is 32.1 Å². The first-order valence-electron chi connectivity index (χ1n) is 7.21. The summed E-state index contributed by atoms with van der Waals surface area (Å²) in [5, 5.41) is 0. The molecule has 0 N–H and O–H groups in total. The molecule has 1 aromatic carbocycles. The van der Waals surface area contributed by atoms with E-state index in [9.17, 15) is 0 Å². The first-order chi connectivity index (χ1) is 8.36. The van der Waals surface area contributed by atoms with Crippen LogP contribution in [0.5, 0.6) is 0 Å². The lowest BCUT2D eigenvalue weighted by Crippen LogP contribution is -2.13. The third-order valence-electron chi connectivity index (χ3n) is 4.52. The van der Waals surface area contributed by atoms with Crippen LogP contribution in [0.3, 0.4) is 0 Å². The second kappa shape index (κ2) is 4.33. The van der Waals surface area contributed by atoms with Crippen LogP contribution in [0.25, 0.3) is 6.08 Å². The van der Waals surface area contributed by atoms with Crippen LogP contribution in [0.4, 0.5) is 0 Å². The number of hydrogen-bond acceptors (Lipinski definition) is 0. The monoisotopic (exact) mass is 231 g/mol. The zero-order valence-corrected chi connectivity index (χ0v) is 11.1. The number of benzene rings is 1. The predicted octanol–water partition coefficient (Wildman–Crippen LogP) is 4.26. The van der Waals surface area contributed by atoms with Crippen LogP contribution in [0.2, 0.25) is 0 Å². The van der Waals surface area contributed by atoms with E-state index in [4.69, 9.17) is 0 Å². The molecule has 0 unspecified atom stereocenters. The molecule has 2 aliphatic rings. The molecule has 0 spiro atoms. The second-order valence-corrected chi connectivity index (χ2v) is 5.33. The zero-order chi connectivity index (χ0) is 11.8. The second-order valence-electron chi connectivity index (χ2n) is 5.33. The molecule has 0 fully saturated rings. The maximum absolute atomic E-state index is 2.38. The van der Waals surface area contributed by atoms with Gasteiger partial charge in [-0.3, -0.25) is 0 Å². The van der Waals surface area contributed by atoms with Gasteiger partial charge in [0.05, 0.1) is 0 Å². The van der Waals surface area contributed by atoms with Gasteiger partial charge in [-0.2, -0.15) is 0 Å². The molecule has 1 aromatic rings. The Morgan fingerprint density at radius 3 is 2.18 bits per heavy atom. The number of fused-ring (bicyclic) bond motifs is 2. The van der Waals surface area contributed by atoms with E-state index < -0.39 is 0 Å². The minimum atomic E-state index is 1.18. The van der Waals surface area contributed by atoms with Crippen LogP contribution in [0, 0.1) is 0 Å². The van der Waals surface area contributed by atoms with Crippen LogP contribution >= 0.6 is 0 Å². The maximum atomic E-state index is 2.38. The molecule has 0 heterocycles. The first-order valence-corrected chi connectivity index (χ1v) is 7.21. The molecule has 0 saturated carbocycles. The number of hydrogen-bond donors (Lipinski definition) is 0. The van der Waals surface area contributed by atoms with Gasteiger partial charge in [0.25, 0.3) is 0 Å². The summed E-state index contributed by atoms with van der Waals surface area (Å²) in [5.41, 5.74) is 10.1. The zero-order valence-electron chi connectivity index (χ0n) is 11.1. The summed E-state index contributed by atoms with van der Waals surface area (Å²) in [6.45, 7) is 4.65. The highest BCUT2D eigenvalue weighted by atomic mass is 15.0. The van der Waals surface area contributed by atoms with Crippen molar-refractivity contribution in [2.45, 2.75) is 58.8 Å². The van der Waals surface area contributed by atoms with E-state index >= 15 is 0 Å². The number of rotatable bonds is 2. The van der Waals surface area contributed by atoms with Gasteiger partial charge in [-0.05, 0) is 78.3 Å². The summed E-state index contributed by atoms with van der Waals surface area (Å²) in [6.07, 6.45) is 13.8. The lowest BCUT2D eigenvalue weighted by Gasteiger charge is -2.26. The molecule has 0 heteroatoms. The minimum Gasteiger partial charge on any atom is -0.0795 e. The molecule has 0 bridgehead atoms. The first kappa shape index (κ1) is 11.1. The van der Waals surface area contributed by atoms with Crippen molar-refractivity contribution < 1.29 is 0 Å². The van der Waals surface area contributed by atoms with Crippen molar-refractivity contribution in [1.82, 2.24) is 0 Å². The molecule has 17 heavy (non-hydrogen) atoms. The smallest absolute Gasteiger partial charge is 0.00852 e. The van der Waals surface area contributed by atoms with Crippen LogP contribution in [0.1, 0.15) is 60.1 Å². The summed E-state index contributed by atoms with van der Waals surface area (Å²) in [6, 6.07) is 0. The Balaban J connectivity index is 2.30. The molecule has 0 nitrogen and oxygen atoms in total. The van der Waals surface area contributed by atoms with Gasteiger partial charge in [0.15, 0.2) is 0 Å². The molecule has 0 atom stereocenters. The summed E-state index contributed by atoms with van der Waals surface area (Å²) < 4.78 is 0. The van der Waals surface area contributed by atoms with Crippen molar-refractivity contribution >= 4 is 6.08 Å². The molecule has 90 valence electrons. The highest BCUT2D eigenvalue weighted by Crippen LogP contribution is 2.37. The maximum Gasteiger partial charge on any atom is -0.00852 e. The highest BCUT2D eigenvalue weighted by Gasteiger charge is 2.23. The van der Waals surface area contributed by atoms with Crippen LogP contribution in [-0.4, -0.2) is 0 Å². The lowest BCUT2D eigenvalue weighted by molar-refractivity contribution is 0.670. The Morgan fingerprint density at radius 1 is 0.882 bits per heavy atom. The largest absolute Gasteiger partial charge is 0.0795 e. The summed E-state index contributed by atoms with van der Waals surface area (Å²) in [4.78, 5) is 0. The standard InChI is InChI=1S/C17H22/c1-3-12-14-8-5-6-9-15(14)13(4-2)17-11-7-10-16(12)17/h7,10H,3-6,8-9,11H2,1-2H3/i7+1,10+1,11+1,16+1,17+1. The Labute approximate surface area is 105 Å². The normalized spacial score (nSPS) is 17.1. The number of allylic oxidation sites excluding steroid dienone is 1. The van der Waals surface area contributed by atoms with E-state index in [1.54, 1.807) is 33.4 Å². The summed E-state index contributed by atoms with van der Waals surface area (Å²) in [7, 11) is 0. The summed E-state index contributed by atoms with van der Waals surface area (Å²) >= 11 is 0. The van der Waals surface area contributed by atoms with Crippen molar-refractivity contribution in [2.24, 2.45) is 0 Å². The molecule has 3 rings (SSSR count). The Hall–Kier alpha value is -1.04. The summed E-state index contributed by atoms with van der Waals surface area (Å²) in [5.74, 6) is 0. The minimum absolute atomic E-state index is 1.18. The predicted molar refractivity (Wildman–Crippen MR) is 74.6 cm³/mol. The lowest BCUT2D eigenvalue weighted by atomic mass is 9.87. The van der Waals surface area contributed by atoms with Crippen molar-refractivity contribution in [2.75, 3.05) is 0 Å². The van der Waals surface area contributed by atoms with E-state index in [0.717, 1.165) is 0 Å². The fourth-order valence-electron chi connectivity index (χ4n) is 3.82. The topological polar surface area (TPSA) is 0 Å². The van der Waals surface area contributed by atoms with Gasteiger partial charge < -0.3 is 0 Å². The quantitative estimate of drug-likeness (QED) is 0.667. The van der Waals surface area contributed by atoms with Gasteiger partial charge in [0, 0.05) is 0 Å². The van der Waals surface area contributed by atoms with Crippen molar-refractivity contribution in [3.8, 4) is 0 Å². The van der Waals surface area contributed by atoms with Crippen LogP contribution in [0.15, 0.2) is 6.08 Å². The average Bonchev–Trinajstić information content (AvgIpc) is 2.84. The van der Waals surface area contributed by atoms with Gasteiger partial charge in [0.1, 0.15) is 0 Å². The Morgan fingerprint density at radius 2 is 1.53 bits per heavy atom.